The minimum atomic E-state index is -4.35. The van der Waals surface area contributed by atoms with E-state index in [4.69, 9.17) is 5.11 Å². The van der Waals surface area contributed by atoms with Gasteiger partial charge >= 0.3 is 12.1 Å². The molecule has 1 aliphatic carbocycles. The van der Waals surface area contributed by atoms with Gasteiger partial charge in [0.1, 0.15) is 11.4 Å². The van der Waals surface area contributed by atoms with Gasteiger partial charge in [0.2, 0.25) is 0 Å². The van der Waals surface area contributed by atoms with Crippen LogP contribution in [0.1, 0.15) is 23.3 Å². The molecule has 7 heteroatoms. The summed E-state index contributed by atoms with van der Waals surface area (Å²) in [7, 11) is 0. The van der Waals surface area contributed by atoms with Crippen molar-refractivity contribution in [1.82, 2.24) is 4.98 Å². The quantitative estimate of drug-likeness (QED) is 0.858. The van der Waals surface area contributed by atoms with Gasteiger partial charge in [0.15, 0.2) is 5.69 Å². The van der Waals surface area contributed by atoms with Crippen LogP contribution >= 0.6 is 0 Å². The van der Waals surface area contributed by atoms with Crippen LogP contribution in [0.25, 0.3) is 0 Å². The van der Waals surface area contributed by atoms with Gasteiger partial charge in [-0.25, -0.2) is 9.78 Å². The molecule has 1 heterocycles. The Balaban J connectivity index is 2.20. The molecule has 92 valence electrons. The average Bonchev–Trinajstić information content (AvgIpc) is 2.98. The SMILES string of the molecule is O=C(O)c1cccc(NC2(C(F)(F)F)CC2)n1. The van der Waals surface area contributed by atoms with Gasteiger partial charge in [-0.3, -0.25) is 0 Å². The smallest absolute Gasteiger partial charge is 0.411 e. The van der Waals surface area contributed by atoms with Crippen LogP contribution < -0.4 is 5.32 Å². The molecule has 1 aromatic heterocycles. The Bertz CT molecular complexity index is 455. The van der Waals surface area contributed by atoms with E-state index in [0.717, 1.165) is 0 Å². The maximum Gasteiger partial charge on any atom is 0.411 e. The van der Waals surface area contributed by atoms with E-state index in [1.165, 1.54) is 18.2 Å². The lowest BCUT2D eigenvalue weighted by Crippen LogP contribution is -2.39. The average molecular weight is 246 g/mol. The summed E-state index contributed by atoms with van der Waals surface area (Å²) in [6.07, 6.45) is -4.39. The molecule has 0 spiro atoms. The van der Waals surface area contributed by atoms with E-state index in [2.05, 4.69) is 10.3 Å². The highest BCUT2D eigenvalue weighted by atomic mass is 19.4. The molecule has 0 unspecified atom stereocenters. The Morgan fingerprint density at radius 3 is 2.53 bits per heavy atom. The fraction of sp³-hybridized carbons (Fsp3) is 0.400. The van der Waals surface area contributed by atoms with Crippen molar-refractivity contribution in [2.24, 2.45) is 0 Å². The van der Waals surface area contributed by atoms with Crippen molar-refractivity contribution in [3.8, 4) is 0 Å². The Morgan fingerprint density at radius 2 is 2.06 bits per heavy atom. The summed E-state index contributed by atoms with van der Waals surface area (Å²) in [6, 6.07) is 3.89. The Kier molecular flexibility index (Phi) is 2.48. The van der Waals surface area contributed by atoms with Gasteiger partial charge in [-0.15, -0.1) is 0 Å². The molecule has 4 nitrogen and oxygen atoms in total. The molecule has 2 rings (SSSR count). The summed E-state index contributed by atoms with van der Waals surface area (Å²) >= 11 is 0. The molecule has 17 heavy (non-hydrogen) atoms. The van der Waals surface area contributed by atoms with Crippen LogP contribution in [0.4, 0.5) is 19.0 Å². The first-order chi connectivity index (χ1) is 7.84. The topological polar surface area (TPSA) is 62.2 Å². The molecule has 2 N–H and O–H groups in total. The van der Waals surface area contributed by atoms with Gasteiger partial charge in [-0.2, -0.15) is 13.2 Å². The molecule has 0 amide bonds. The summed E-state index contributed by atoms with van der Waals surface area (Å²) in [5, 5.41) is 10.9. The third-order valence-electron chi connectivity index (χ3n) is 2.63. The molecule has 1 fully saturated rings. The van der Waals surface area contributed by atoms with Gasteiger partial charge in [0.25, 0.3) is 0 Å². The summed E-state index contributed by atoms with van der Waals surface area (Å²) in [5.41, 5.74) is -2.22. The fourth-order valence-electron chi connectivity index (χ4n) is 1.47. The van der Waals surface area contributed by atoms with Crippen molar-refractivity contribution in [3.63, 3.8) is 0 Å². The molecule has 0 atom stereocenters. The number of aromatic carboxylic acids is 1. The van der Waals surface area contributed by atoms with E-state index in [0.29, 0.717) is 0 Å². The predicted octanol–water partition coefficient (Wildman–Crippen LogP) is 2.29. The minimum Gasteiger partial charge on any atom is -0.477 e. The highest BCUT2D eigenvalue weighted by Gasteiger charge is 2.63. The Morgan fingerprint density at radius 1 is 1.41 bits per heavy atom. The molecular weight excluding hydrogens is 237 g/mol. The summed E-state index contributed by atoms with van der Waals surface area (Å²) in [4.78, 5) is 14.2. The third kappa shape index (κ3) is 2.17. The molecule has 0 aliphatic heterocycles. The number of hydrogen-bond acceptors (Lipinski definition) is 3. The van der Waals surface area contributed by atoms with E-state index >= 15 is 0 Å². The van der Waals surface area contributed by atoms with Crippen molar-refractivity contribution in [2.75, 3.05) is 5.32 Å². The number of hydrogen-bond donors (Lipinski definition) is 2. The number of anilines is 1. The number of carboxylic acid groups (broad SMARTS) is 1. The second-order valence-corrected chi connectivity index (χ2v) is 3.92. The van der Waals surface area contributed by atoms with E-state index < -0.39 is 17.7 Å². The lowest BCUT2D eigenvalue weighted by atomic mass is 10.2. The number of rotatable bonds is 3. The van der Waals surface area contributed by atoms with Gasteiger partial charge in [-0.1, -0.05) is 6.07 Å². The van der Waals surface area contributed by atoms with E-state index in [1.807, 2.05) is 0 Å². The molecule has 1 aliphatic rings. The van der Waals surface area contributed by atoms with Crippen molar-refractivity contribution in [1.29, 1.82) is 0 Å². The first kappa shape index (κ1) is 11.7. The number of alkyl halides is 3. The van der Waals surface area contributed by atoms with Crippen LogP contribution in [0.15, 0.2) is 18.2 Å². The zero-order chi connectivity index (χ0) is 12.7. The Labute approximate surface area is 94.5 Å². The molecule has 1 saturated carbocycles. The van der Waals surface area contributed by atoms with Crippen LogP contribution in [-0.2, 0) is 0 Å². The van der Waals surface area contributed by atoms with Crippen molar-refractivity contribution < 1.29 is 23.1 Å². The number of nitrogens with zero attached hydrogens (tertiary/aromatic N) is 1. The summed E-state index contributed by atoms with van der Waals surface area (Å²) in [5.74, 6) is -1.34. The summed E-state index contributed by atoms with van der Waals surface area (Å²) < 4.78 is 37.9. The lowest BCUT2D eigenvalue weighted by molar-refractivity contribution is -0.151. The largest absolute Gasteiger partial charge is 0.477 e. The first-order valence-electron chi connectivity index (χ1n) is 4.89. The molecule has 0 saturated heterocycles. The number of carboxylic acids is 1. The number of carbonyl (C=O) groups is 1. The standard InChI is InChI=1S/C10H9F3N2O2/c11-10(12,13)9(4-5-9)15-7-3-1-2-6(14-7)8(16)17/h1-3H,4-5H2,(H,14,15)(H,16,17). The van der Waals surface area contributed by atoms with Crippen molar-refractivity contribution >= 4 is 11.8 Å². The van der Waals surface area contributed by atoms with Crippen LogP contribution in [0, 0.1) is 0 Å². The number of halogens is 3. The molecule has 0 radical (unpaired) electrons. The van der Waals surface area contributed by atoms with Crippen LogP contribution in [0.3, 0.4) is 0 Å². The van der Waals surface area contributed by atoms with E-state index in [-0.39, 0.29) is 24.4 Å². The second-order valence-electron chi connectivity index (χ2n) is 3.92. The van der Waals surface area contributed by atoms with Crippen LogP contribution in [-0.4, -0.2) is 27.8 Å². The molecule has 0 bridgehead atoms. The van der Waals surface area contributed by atoms with E-state index in [9.17, 15) is 18.0 Å². The number of nitrogens with one attached hydrogen (secondary N) is 1. The normalized spacial score (nSPS) is 17.6. The number of pyridine rings is 1. The monoisotopic (exact) mass is 246 g/mol. The van der Waals surface area contributed by atoms with Gasteiger partial charge in [0, 0.05) is 0 Å². The third-order valence-corrected chi connectivity index (χ3v) is 2.63. The van der Waals surface area contributed by atoms with Crippen LogP contribution in [0.5, 0.6) is 0 Å². The lowest BCUT2D eigenvalue weighted by Gasteiger charge is -2.21. The molecule has 1 aromatic rings. The minimum absolute atomic E-state index is 0.0184. The second kappa shape index (κ2) is 3.61. The maximum atomic E-state index is 12.6. The maximum absolute atomic E-state index is 12.6. The predicted molar refractivity (Wildman–Crippen MR) is 52.8 cm³/mol. The highest BCUT2D eigenvalue weighted by Crippen LogP contribution is 2.50. The van der Waals surface area contributed by atoms with Gasteiger partial charge < -0.3 is 10.4 Å². The zero-order valence-corrected chi connectivity index (χ0v) is 8.58. The molecular formula is C10H9F3N2O2. The van der Waals surface area contributed by atoms with Crippen molar-refractivity contribution in [2.45, 2.75) is 24.6 Å². The highest BCUT2D eigenvalue weighted by molar-refractivity contribution is 5.85. The van der Waals surface area contributed by atoms with Gasteiger partial charge in [0.05, 0.1) is 0 Å². The summed E-state index contributed by atoms with van der Waals surface area (Å²) in [6.45, 7) is 0. The van der Waals surface area contributed by atoms with E-state index in [1.54, 1.807) is 0 Å². The van der Waals surface area contributed by atoms with Crippen molar-refractivity contribution in [3.05, 3.63) is 23.9 Å². The van der Waals surface area contributed by atoms with Gasteiger partial charge in [-0.05, 0) is 25.0 Å². The zero-order valence-electron chi connectivity index (χ0n) is 8.58. The first-order valence-corrected chi connectivity index (χ1v) is 4.89. The fourth-order valence-corrected chi connectivity index (χ4v) is 1.47. The molecule has 0 aromatic carbocycles. The Hall–Kier alpha value is -1.79. The van der Waals surface area contributed by atoms with Crippen LogP contribution in [0.2, 0.25) is 0 Å². The number of aromatic nitrogens is 1.